The van der Waals surface area contributed by atoms with E-state index in [2.05, 4.69) is 35.3 Å². The molecule has 0 bridgehead atoms. The molecule has 0 atom stereocenters. The molecule has 0 N–H and O–H groups in total. The van der Waals surface area contributed by atoms with Gasteiger partial charge in [-0.3, -0.25) is 4.98 Å². The van der Waals surface area contributed by atoms with Crippen LogP contribution in [0, 0.1) is 5.92 Å². The van der Waals surface area contributed by atoms with Crippen LogP contribution in [-0.4, -0.2) is 4.98 Å². The minimum absolute atomic E-state index is 0.138. The second-order valence-electron chi connectivity index (χ2n) is 7.59. The molecule has 0 aliphatic carbocycles. The van der Waals surface area contributed by atoms with Gasteiger partial charge in [-0.05, 0) is 59.3 Å². The van der Waals surface area contributed by atoms with Crippen LogP contribution in [0.4, 0.5) is 0 Å². The molecule has 142 valence electrons. The third-order valence-electron chi connectivity index (χ3n) is 5.10. The molecule has 2 aromatic heterocycles. The van der Waals surface area contributed by atoms with E-state index in [9.17, 15) is 0 Å². The van der Waals surface area contributed by atoms with Gasteiger partial charge in [-0.2, -0.15) is 0 Å². The fraction of sp³-hybridized carbons (Fsp3) is 0.148. The molecule has 5 aromatic rings. The number of hydrogen-bond donors (Lipinski definition) is 0. The lowest BCUT2D eigenvalue weighted by Gasteiger charge is -2.07. The maximum Gasteiger partial charge on any atom is 0.144 e. The Morgan fingerprint density at radius 2 is 1.72 bits per heavy atom. The van der Waals surface area contributed by atoms with E-state index in [1.807, 2.05) is 56.3 Å². The van der Waals surface area contributed by atoms with Gasteiger partial charge in [-0.25, -0.2) is 0 Å². The SMILES string of the molecule is [2H]C([2H])(c1ccnc(-c2cccc3c2oc2ccc(-c4ccccc4)cc23)c1)C(C)C. The van der Waals surface area contributed by atoms with E-state index in [0.717, 1.165) is 38.8 Å². The van der Waals surface area contributed by atoms with Crippen molar-refractivity contribution in [3.63, 3.8) is 0 Å². The van der Waals surface area contributed by atoms with Crippen LogP contribution in [0.1, 0.15) is 22.2 Å². The van der Waals surface area contributed by atoms with Gasteiger partial charge >= 0.3 is 0 Å². The minimum Gasteiger partial charge on any atom is -0.455 e. The van der Waals surface area contributed by atoms with Crippen LogP contribution in [0.5, 0.6) is 0 Å². The average Bonchev–Trinajstić information content (AvgIpc) is 3.17. The predicted octanol–water partition coefficient (Wildman–Crippen LogP) is 7.51. The Bertz CT molecular complexity index is 1390. The van der Waals surface area contributed by atoms with Crippen LogP contribution in [0.2, 0.25) is 0 Å². The van der Waals surface area contributed by atoms with Gasteiger partial charge in [0.2, 0.25) is 0 Å². The number of aromatic nitrogens is 1. The van der Waals surface area contributed by atoms with Crippen molar-refractivity contribution in [1.29, 1.82) is 0 Å². The fourth-order valence-electron chi connectivity index (χ4n) is 3.81. The predicted molar refractivity (Wildman–Crippen MR) is 121 cm³/mol. The number of hydrogen-bond acceptors (Lipinski definition) is 2. The number of benzene rings is 3. The molecule has 0 unspecified atom stereocenters. The standard InChI is InChI=1S/C27H23NO/c1-18(2)15-19-13-14-28-25(16-19)23-10-6-9-22-24-17-21(20-7-4-3-5-8-20)11-12-26(24)29-27(22)23/h3-14,16-18H,15H2,1-2H3/i15D2. The lowest BCUT2D eigenvalue weighted by molar-refractivity contribution is 0.647. The van der Waals surface area contributed by atoms with E-state index >= 15 is 0 Å². The third-order valence-corrected chi connectivity index (χ3v) is 5.10. The van der Waals surface area contributed by atoms with Gasteiger partial charge < -0.3 is 4.42 Å². The van der Waals surface area contributed by atoms with Crippen molar-refractivity contribution in [2.45, 2.75) is 20.2 Å². The summed E-state index contributed by atoms with van der Waals surface area (Å²) in [5.74, 6) is -0.138. The lowest BCUT2D eigenvalue weighted by atomic mass is 10.00. The molecule has 0 radical (unpaired) electrons. The first-order valence-corrected chi connectivity index (χ1v) is 9.93. The van der Waals surface area contributed by atoms with E-state index in [1.165, 1.54) is 5.56 Å². The number of rotatable bonds is 4. The summed E-state index contributed by atoms with van der Waals surface area (Å²) in [6.45, 7) is 3.79. The Morgan fingerprint density at radius 3 is 2.55 bits per heavy atom. The molecular formula is C27H23NO. The molecule has 0 saturated heterocycles. The number of fused-ring (bicyclic) bond motifs is 3. The third kappa shape index (κ3) is 3.31. The zero-order valence-electron chi connectivity index (χ0n) is 18.5. The maximum absolute atomic E-state index is 8.45. The first kappa shape index (κ1) is 15.5. The van der Waals surface area contributed by atoms with Crippen molar-refractivity contribution in [1.82, 2.24) is 4.98 Å². The van der Waals surface area contributed by atoms with E-state index in [0.29, 0.717) is 5.56 Å². The molecule has 5 rings (SSSR count). The van der Waals surface area contributed by atoms with Gasteiger partial charge in [-0.15, -0.1) is 0 Å². The Balaban J connectivity index is 1.68. The van der Waals surface area contributed by atoms with Gasteiger partial charge in [0.1, 0.15) is 11.2 Å². The van der Waals surface area contributed by atoms with E-state index in [1.54, 1.807) is 12.3 Å². The van der Waals surface area contributed by atoms with Crippen LogP contribution in [-0.2, 0) is 6.37 Å². The Kier molecular flexibility index (Phi) is 3.86. The molecule has 29 heavy (non-hydrogen) atoms. The molecule has 2 heteroatoms. The highest BCUT2D eigenvalue weighted by Crippen LogP contribution is 2.37. The van der Waals surface area contributed by atoms with Crippen molar-refractivity contribution >= 4 is 21.9 Å². The molecule has 0 saturated carbocycles. The highest BCUT2D eigenvalue weighted by Gasteiger charge is 2.14. The second kappa shape index (κ2) is 7.21. The molecule has 2 heterocycles. The van der Waals surface area contributed by atoms with Gasteiger partial charge in [0, 0.05) is 25.3 Å². The van der Waals surface area contributed by atoms with Crippen LogP contribution in [0.25, 0.3) is 44.3 Å². The molecular weight excluding hydrogens is 354 g/mol. The van der Waals surface area contributed by atoms with E-state index in [4.69, 9.17) is 7.16 Å². The summed E-state index contributed by atoms with van der Waals surface area (Å²) in [6, 6.07) is 26.2. The first-order valence-electron chi connectivity index (χ1n) is 10.9. The van der Waals surface area contributed by atoms with Crippen molar-refractivity contribution < 1.29 is 7.16 Å². The topological polar surface area (TPSA) is 26.0 Å². The summed E-state index contributed by atoms with van der Waals surface area (Å²) >= 11 is 0. The highest BCUT2D eigenvalue weighted by atomic mass is 16.3. The molecule has 0 aliphatic heterocycles. The van der Waals surface area contributed by atoms with Gasteiger partial charge in [0.05, 0.1) is 5.69 Å². The number of nitrogens with zero attached hydrogens (tertiary/aromatic N) is 1. The van der Waals surface area contributed by atoms with E-state index < -0.39 is 6.37 Å². The van der Waals surface area contributed by atoms with Crippen molar-refractivity contribution in [3.8, 4) is 22.4 Å². The number of pyridine rings is 1. The molecule has 0 spiro atoms. The van der Waals surface area contributed by atoms with Gasteiger partial charge in [0.25, 0.3) is 0 Å². The zero-order valence-corrected chi connectivity index (χ0v) is 16.5. The zero-order chi connectivity index (χ0) is 21.6. The van der Waals surface area contributed by atoms with Crippen molar-refractivity contribution in [2.75, 3.05) is 0 Å². The van der Waals surface area contributed by atoms with Crippen LogP contribution in [0.15, 0.2) is 89.5 Å². The maximum atomic E-state index is 8.45. The van der Waals surface area contributed by atoms with Gasteiger partial charge in [0.15, 0.2) is 0 Å². The normalized spacial score (nSPS) is 13.1. The largest absolute Gasteiger partial charge is 0.455 e. The molecule has 0 fully saturated rings. The van der Waals surface area contributed by atoms with E-state index in [-0.39, 0.29) is 5.92 Å². The minimum atomic E-state index is -1.43. The average molecular weight is 379 g/mol. The first-order chi connectivity index (χ1) is 14.9. The second-order valence-corrected chi connectivity index (χ2v) is 7.59. The number of furan rings is 1. The fourth-order valence-corrected chi connectivity index (χ4v) is 3.81. The van der Waals surface area contributed by atoms with Crippen LogP contribution in [0.3, 0.4) is 0 Å². The van der Waals surface area contributed by atoms with Crippen LogP contribution < -0.4 is 0 Å². The number of para-hydroxylation sites is 1. The molecule has 0 amide bonds. The summed E-state index contributed by atoms with van der Waals surface area (Å²) in [5, 5.41) is 2.09. The highest BCUT2D eigenvalue weighted by molar-refractivity contribution is 6.10. The van der Waals surface area contributed by atoms with Gasteiger partial charge in [-0.1, -0.05) is 62.4 Å². The monoisotopic (exact) mass is 379 g/mol. The quantitative estimate of drug-likeness (QED) is 0.323. The van der Waals surface area contributed by atoms with Crippen molar-refractivity contribution in [2.24, 2.45) is 5.92 Å². The smallest absolute Gasteiger partial charge is 0.144 e. The molecule has 2 nitrogen and oxygen atoms in total. The Labute approximate surface area is 173 Å². The summed E-state index contributed by atoms with van der Waals surface area (Å²) in [5.41, 5.74) is 6.14. The summed E-state index contributed by atoms with van der Waals surface area (Å²) in [4.78, 5) is 4.54. The summed E-state index contributed by atoms with van der Waals surface area (Å²) in [7, 11) is 0. The summed E-state index contributed by atoms with van der Waals surface area (Å²) < 4.78 is 23.2. The van der Waals surface area contributed by atoms with Crippen molar-refractivity contribution in [3.05, 3.63) is 90.6 Å². The lowest BCUT2D eigenvalue weighted by Crippen LogP contribution is -1.95. The Hall–Kier alpha value is -3.39. The summed E-state index contributed by atoms with van der Waals surface area (Å²) in [6.07, 6.45) is 0.254. The Morgan fingerprint density at radius 1 is 0.862 bits per heavy atom. The molecule has 3 aromatic carbocycles. The molecule has 0 aliphatic rings. The van der Waals surface area contributed by atoms with Crippen LogP contribution >= 0.6 is 0 Å².